The highest BCUT2D eigenvalue weighted by Gasteiger charge is 2.33. The molecule has 1 aromatic carbocycles. The number of hydrogen-bond acceptors (Lipinski definition) is 4. The molecular formula is C15H19ClN2O4S. The van der Waals surface area contributed by atoms with Crippen LogP contribution < -0.4 is 5.32 Å². The quantitative estimate of drug-likeness (QED) is 0.854. The first kappa shape index (κ1) is 17.7. The number of benzene rings is 1. The molecule has 1 heterocycles. The number of nitrogens with one attached hydrogen (secondary N) is 1. The van der Waals surface area contributed by atoms with Gasteiger partial charge in [0.05, 0.1) is 28.6 Å². The third kappa shape index (κ3) is 4.45. The first-order chi connectivity index (χ1) is 10.8. The zero-order valence-electron chi connectivity index (χ0n) is 12.8. The molecule has 1 N–H and O–H groups in total. The monoisotopic (exact) mass is 358 g/mol. The first-order valence-electron chi connectivity index (χ1n) is 7.36. The van der Waals surface area contributed by atoms with Crippen LogP contribution in [0.2, 0.25) is 5.02 Å². The molecule has 1 aromatic rings. The second-order valence-corrected chi connectivity index (χ2v) is 8.04. The van der Waals surface area contributed by atoms with E-state index in [1.165, 1.54) is 4.90 Å². The lowest BCUT2D eigenvalue weighted by Crippen LogP contribution is -2.46. The van der Waals surface area contributed by atoms with Crippen molar-refractivity contribution in [2.24, 2.45) is 0 Å². The molecule has 8 heteroatoms. The number of likely N-dealkylation sites (N-methyl/N-ethyl adjacent to an activating group) is 1. The SMILES string of the molecule is CCN(C(=O)CNC(=O)c1ccccc1Cl)C1CCS(=O)(=O)C1. The molecule has 0 aromatic heterocycles. The highest BCUT2D eigenvalue weighted by molar-refractivity contribution is 7.91. The molecule has 0 aliphatic carbocycles. The summed E-state index contributed by atoms with van der Waals surface area (Å²) in [6.07, 6.45) is 0.445. The van der Waals surface area contributed by atoms with E-state index in [2.05, 4.69) is 5.32 Å². The van der Waals surface area contributed by atoms with E-state index in [-0.39, 0.29) is 30.0 Å². The van der Waals surface area contributed by atoms with Crippen LogP contribution in [0.25, 0.3) is 0 Å². The number of sulfone groups is 1. The average Bonchev–Trinajstić information content (AvgIpc) is 2.86. The molecule has 1 aliphatic rings. The Morgan fingerprint density at radius 1 is 1.35 bits per heavy atom. The van der Waals surface area contributed by atoms with Crippen LogP contribution >= 0.6 is 11.6 Å². The maximum absolute atomic E-state index is 12.3. The van der Waals surface area contributed by atoms with E-state index in [1.807, 2.05) is 0 Å². The Bertz CT molecular complexity index is 705. The average molecular weight is 359 g/mol. The highest BCUT2D eigenvalue weighted by Crippen LogP contribution is 2.18. The van der Waals surface area contributed by atoms with Gasteiger partial charge >= 0.3 is 0 Å². The molecule has 1 unspecified atom stereocenters. The molecule has 1 saturated heterocycles. The summed E-state index contributed by atoms with van der Waals surface area (Å²) in [6, 6.07) is 6.26. The summed E-state index contributed by atoms with van der Waals surface area (Å²) < 4.78 is 23.1. The predicted octanol–water partition coefficient (Wildman–Crippen LogP) is 1.11. The zero-order valence-corrected chi connectivity index (χ0v) is 14.4. The third-order valence-corrected chi connectivity index (χ3v) is 5.91. The second-order valence-electron chi connectivity index (χ2n) is 5.40. The van der Waals surface area contributed by atoms with Gasteiger partial charge in [-0.3, -0.25) is 9.59 Å². The van der Waals surface area contributed by atoms with Crippen molar-refractivity contribution in [1.82, 2.24) is 10.2 Å². The molecule has 2 amide bonds. The molecule has 2 rings (SSSR count). The number of hydrogen-bond donors (Lipinski definition) is 1. The molecule has 0 saturated carbocycles. The standard InChI is InChI=1S/C15H19ClN2O4S/c1-2-18(11-7-8-23(21,22)10-11)14(19)9-17-15(20)12-5-3-4-6-13(12)16/h3-6,11H,2,7-10H2,1H3,(H,17,20). The van der Waals surface area contributed by atoms with E-state index in [0.717, 1.165) is 0 Å². The summed E-state index contributed by atoms with van der Waals surface area (Å²) in [5.41, 5.74) is 0.299. The predicted molar refractivity (Wildman–Crippen MR) is 88.2 cm³/mol. The fourth-order valence-corrected chi connectivity index (χ4v) is 4.61. The van der Waals surface area contributed by atoms with Gasteiger partial charge in [0.25, 0.3) is 5.91 Å². The van der Waals surface area contributed by atoms with E-state index in [0.29, 0.717) is 23.6 Å². The molecule has 1 atom stereocenters. The zero-order chi connectivity index (χ0) is 17.0. The van der Waals surface area contributed by atoms with Gasteiger partial charge in [0.2, 0.25) is 5.91 Å². The lowest BCUT2D eigenvalue weighted by Gasteiger charge is -2.27. The van der Waals surface area contributed by atoms with Crippen LogP contribution in [0.4, 0.5) is 0 Å². The van der Waals surface area contributed by atoms with Gasteiger partial charge in [-0.1, -0.05) is 23.7 Å². The molecule has 126 valence electrons. The van der Waals surface area contributed by atoms with Crippen molar-refractivity contribution < 1.29 is 18.0 Å². The summed E-state index contributed by atoms with van der Waals surface area (Å²) in [5.74, 6) is -0.632. The van der Waals surface area contributed by atoms with Gasteiger partial charge in [0.1, 0.15) is 0 Å². The van der Waals surface area contributed by atoms with Gasteiger partial charge in [-0.15, -0.1) is 0 Å². The highest BCUT2D eigenvalue weighted by atomic mass is 35.5. The van der Waals surface area contributed by atoms with Crippen molar-refractivity contribution in [2.45, 2.75) is 19.4 Å². The van der Waals surface area contributed by atoms with Gasteiger partial charge in [0.15, 0.2) is 9.84 Å². The maximum atomic E-state index is 12.3. The smallest absolute Gasteiger partial charge is 0.253 e. The van der Waals surface area contributed by atoms with E-state index in [9.17, 15) is 18.0 Å². The van der Waals surface area contributed by atoms with Gasteiger partial charge in [0, 0.05) is 12.6 Å². The molecule has 0 radical (unpaired) electrons. The molecule has 23 heavy (non-hydrogen) atoms. The topological polar surface area (TPSA) is 83.6 Å². The number of carbonyl (C=O) groups is 2. The summed E-state index contributed by atoms with van der Waals surface area (Å²) in [4.78, 5) is 25.8. The number of amides is 2. The van der Waals surface area contributed by atoms with Gasteiger partial charge < -0.3 is 10.2 Å². The minimum absolute atomic E-state index is 0.00889. The van der Waals surface area contributed by atoms with Crippen molar-refractivity contribution in [3.05, 3.63) is 34.9 Å². The fourth-order valence-electron chi connectivity index (χ4n) is 2.66. The van der Waals surface area contributed by atoms with Gasteiger partial charge in [-0.05, 0) is 25.5 Å². The van der Waals surface area contributed by atoms with Crippen LogP contribution in [0.3, 0.4) is 0 Å². The van der Waals surface area contributed by atoms with Crippen molar-refractivity contribution >= 4 is 33.3 Å². The van der Waals surface area contributed by atoms with Crippen molar-refractivity contribution in [3.8, 4) is 0 Å². The lowest BCUT2D eigenvalue weighted by atomic mass is 10.2. The number of nitrogens with zero attached hydrogens (tertiary/aromatic N) is 1. The maximum Gasteiger partial charge on any atom is 0.253 e. The Balaban J connectivity index is 1.95. The molecule has 6 nitrogen and oxygen atoms in total. The van der Waals surface area contributed by atoms with Crippen LogP contribution in [-0.4, -0.2) is 55.8 Å². The molecule has 0 spiro atoms. The molecule has 1 fully saturated rings. The summed E-state index contributed by atoms with van der Waals surface area (Å²) in [7, 11) is -3.06. The van der Waals surface area contributed by atoms with Crippen LogP contribution in [-0.2, 0) is 14.6 Å². The Morgan fingerprint density at radius 2 is 2.04 bits per heavy atom. The minimum Gasteiger partial charge on any atom is -0.343 e. The fraction of sp³-hybridized carbons (Fsp3) is 0.467. The van der Waals surface area contributed by atoms with E-state index < -0.39 is 15.7 Å². The van der Waals surface area contributed by atoms with Crippen molar-refractivity contribution in [3.63, 3.8) is 0 Å². The Labute approximate surface area is 140 Å². The van der Waals surface area contributed by atoms with Crippen LogP contribution in [0.5, 0.6) is 0 Å². The number of halogens is 1. The normalized spacial score (nSPS) is 19.3. The molecular weight excluding hydrogens is 340 g/mol. The Morgan fingerprint density at radius 3 is 2.61 bits per heavy atom. The lowest BCUT2D eigenvalue weighted by molar-refractivity contribution is -0.131. The van der Waals surface area contributed by atoms with Crippen molar-refractivity contribution in [2.75, 3.05) is 24.6 Å². The number of carbonyl (C=O) groups excluding carboxylic acids is 2. The third-order valence-electron chi connectivity index (χ3n) is 3.83. The largest absolute Gasteiger partial charge is 0.343 e. The molecule has 0 bridgehead atoms. The van der Waals surface area contributed by atoms with E-state index >= 15 is 0 Å². The van der Waals surface area contributed by atoms with Gasteiger partial charge in [-0.2, -0.15) is 0 Å². The first-order valence-corrected chi connectivity index (χ1v) is 9.56. The number of rotatable bonds is 5. The van der Waals surface area contributed by atoms with Crippen LogP contribution in [0, 0.1) is 0 Å². The minimum atomic E-state index is -3.06. The van der Waals surface area contributed by atoms with Crippen molar-refractivity contribution in [1.29, 1.82) is 0 Å². The summed E-state index contributed by atoms with van der Waals surface area (Å²) in [6.45, 7) is 2.01. The van der Waals surface area contributed by atoms with Crippen LogP contribution in [0.15, 0.2) is 24.3 Å². The van der Waals surface area contributed by atoms with E-state index in [4.69, 9.17) is 11.6 Å². The van der Waals surface area contributed by atoms with Gasteiger partial charge in [-0.25, -0.2) is 8.42 Å². The second kappa shape index (κ2) is 7.31. The summed E-state index contributed by atoms with van der Waals surface area (Å²) >= 11 is 5.94. The summed E-state index contributed by atoms with van der Waals surface area (Å²) in [5, 5.41) is 2.85. The van der Waals surface area contributed by atoms with Crippen LogP contribution in [0.1, 0.15) is 23.7 Å². The molecule has 1 aliphatic heterocycles. The Kier molecular flexibility index (Phi) is 5.64. The Hall–Kier alpha value is -1.60. The van der Waals surface area contributed by atoms with E-state index in [1.54, 1.807) is 31.2 Å².